The van der Waals surface area contributed by atoms with Crippen molar-refractivity contribution < 1.29 is 4.79 Å². The molecular formula is C14H14BrN5OS. The van der Waals surface area contributed by atoms with Gasteiger partial charge in [-0.15, -0.1) is 10.2 Å². The van der Waals surface area contributed by atoms with Gasteiger partial charge < -0.3 is 0 Å². The van der Waals surface area contributed by atoms with E-state index in [0.717, 1.165) is 15.1 Å². The van der Waals surface area contributed by atoms with Crippen LogP contribution in [0.1, 0.15) is 41.0 Å². The Hall–Kier alpha value is -1.80. The maximum atomic E-state index is 12.6. The molecular weight excluding hydrogens is 366 g/mol. The van der Waals surface area contributed by atoms with Crippen molar-refractivity contribution in [1.29, 1.82) is 0 Å². The molecule has 3 aromatic heterocycles. The van der Waals surface area contributed by atoms with Crippen LogP contribution in [0.4, 0.5) is 5.13 Å². The van der Waals surface area contributed by atoms with Crippen LogP contribution in [-0.4, -0.2) is 25.5 Å². The molecule has 3 aromatic rings. The van der Waals surface area contributed by atoms with Crippen molar-refractivity contribution in [3.8, 4) is 0 Å². The van der Waals surface area contributed by atoms with Gasteiger partial charge in [0.1, 0.15) is 16.3 Å². The zero-order valence-electron chi connectivity index (χ0n) is 12.3. The second kappa shape index (κ2) is 5.77. The van der Waals surface area contributed by atoms with Gasteiger partial charge >= 0.3 is 0 Å². The summed E-state index contributed by atoms with van der Waals surface area (Å²) in [5.41, 5.74) is 1.90. The van der Waals surface area contributed by atoms with Gasteiger partial charge in [0.15, 0.2) is 0 Å². The predicted octanol–water partition coefficient (Wildman–Crippen LogP) is 3.63. The number of nitrogens with one attached hydrogen (secondary N) is 1. The maximum absolute atomic E-state index is 12.6. The number of aromatic nitrogens is 4. The van der Waals surface area contributed by atoms with Gasteiger partial charge in [0.25, 0.3) is 5.91 Å². The summed E-state index contributed by atoms with van der Waals surface area (Å²) >= 11 is 4.80. The lowest BCUT2D eigenvalue weighted by molar-refractivity contribution is 0.102. The summed E-state index contributed by atoms with van der Waals surface area (Å²) < 4.78 is 2.64. The molecule has 0 atom stereocenters. The van der Waals surface area contributed by atoms with Gasteiger partial charge in [0.05, 0.1) is 5.69 Å². The Labute approximate surface area is 139 Å². The van der Waals surface area contributed by atoms with E-state index in [1.165, 1.54) is 11.3 Å². The van der Waals surface area contributed by atoms with E-state index in [4.69, 9.17) is 0 Å². The topological polar surface area (TPSA) is 72.2 Å². The van der Waals surface area contributed by atoms with Crippen LogP contribution in [0.3, 0.4) is 0 Å². The fraction of sp³-hybridized carbons (Fsp3) is 0.286. The first-order valence-corrected chi connectivity index (χ1v) is 8.35. The van der Waals surface area contributed by atoms with E-state index in [2.05, 4.69) is 36.4 Å². The Morgan fingerprint density at radius 1 is 1.36 bits per heavy atom. The fourth-order valence-corrected chi connectivity index (χ4v) is 3.16. The summed E-state index contributed by atoms with van der Waals surface area (Å²) in [5.74, 6) is 0.0474. The lowest BCUT2D eigenvalue weighted by atomic mass is 10.2. The van der Waals surface area contributed by atoms with Crippen LogP contribution < -0.4 is 5.32 Å². The van der Waals surface area contributed by atoms with Crippen molar-refractivity contribution in [2.24, 2.45) is 0 Å². The summed E-state index contributed by atoms with van der Waals surface area (Å²) in [6.07, 6.45) is 1.82. The highest BCUT2D eigenvalue weighted by Gasteiger charge is 2.18. The molecule has 0 radical (unpaired) electrons. The fourth-order valence-electron chi connectivity index (χ4n) is 2.08. The number of aryl methyl sites for hydroxylation is 1. The number of amides is 1. The second-order valence-corrected chi connectivity index (χ2v) is 7.10. The Balaban J connectivity index is 1.94. The van der Waals surface area contributed by atoms with Gasteiger partial charge in [0.2, 0.25) is 5.13 Å². The van der Waals surface area contributed by atoms with Gasteiger partial charge in [0, 0.05) is 16.6 Å². The minimum absolute atomic E-state index is 0.241. The van der Waals surface area contributed by atoms with Gasteiger partial charge in [-0.05, 0) is 35.0 Å². The number of rotatable bonds is 3. The molecule has 114 valence electrons. The van der Waals surface area contributed by atoms with Crippen LogP contribution in [0.25, 0.3) is 5.65 Å². The Morgan fingerprint density at radius 3 is 2.82 bits per heavy atom. The molecule has 1 amide bonds. The third-order valence-electron chi connectivity index (χ3n) is 3.13. The lowest BCUT2D eigenvalue weighted by Gasteiger charge is -2.03. The van der Waals surface area contributed by atoms with E-state index in [1.807, 2.05) is 39.1 Å². The van der Waals surface area contributed by atoms with Crippen LogP contribution in [0.15, 0.2) is 22.8 Å². The lowest BCUT2D eigenvalue weighted by Crippen LogP contribution is -2.15. The number of fused-ring (bicyclic) bond motifs is 1. The van der Waals surface area contributed by atoms with Crippen molar-refractivity contribution >= 4 is 44.0 Å². The molecule has 0 aliphatic carbocycles. The van der Waals surface area contributed by atoms with Crippen LogP contribution in [0, 0.1) is 6.92 Å². The Bertz CT molecular complexity index is 854. The number of imidazole rings is 1. The summed E-state index contributed by atoms with van der Waals surface area (Å²) in [6.45, 7) is 5.89. The van der Waals surface area contributed by atoms with E-state index in [0.29, 0.717) is 16.5 Å². The van der Waals surface area contributed by atoms with Gasteiger partial charge in [-0.25, -0.2) is 4.98 Å². The first kappa shape index (κ1) is 15.1. The van der Waals surface area contributed by atoms with Crippen molar-refractivity contribution in [2.45, 2.75) is 26.7 Å². The normalized spacial score (nSPS) is 11.3. The Kier molecular flexibility index (Phi) is 3.96. The molecule has 0 saturated carbocycles. The standard InChI is InChI=1S/C14H14BrN5OS/c1-7(2)13-18-19-14(22-13)17-12(21)11-8(3)16-10-5-4-9(15)6-20(10)11/h4-7H,1-3H3,(H,17,19,21). The van der Waals surface area contributed by atoms with E-state index in [-0.39, 0.29) is 11.8 Å². The van der Waals surface area contributed by atoms with Gasteiger partial charge in [-0.3, -0.25) is 14.5 Å². The third kappa shape index (κ3) is 2.76. The molecule has 0 aliphatic rings. The zero-order valence-corrected chi connectivity index (χ0v) is 14.7. The Morgan fingerprint density at radius 2 is 2.14 bits per heavy atom. The number of nitrogens with zero attached hydrogens (tertiary/aromatic N) is 4. The number of pyridine rings is 1. The number of hydrogen-bond acceptors (Lipinski definition) is 5. The highest BCUT2D eigenvalue weighted by atomic mass is 79.9. The van der Waals surface area contributed by atoms with E-state index in [9.17, 15) is 4.79 Å². The van der Waals surface area contributed by atoms with Crippen LogP contribution >= 0.6 is 27.3 Å². The molecule has 0 unspecified atom stereocenters. The molecule has 22 heavy (non-hydrogen) atoms. The number of hydrogen-bond donors (Lipinski definition) is 1. The van der Waals surface area contributed by atoms with E-state index < -0.39 is 0 Å². The number of carbonyl (C=O) groups excluding carboxylic acids is 1. The third-order valence-corrected chi connectivity index (χ3v) is 4.74. The molecule has 0 saturated heterocycles. The largest absolute Gasteiger partial charge is 0.295 e. The molecule has 3 heterocycles. The van der Waals surface area contributed by atoms with Crippen LogP contribution in [-0.2, 0) is 0 Å². The molecule has 6 nitrogen and oxygen atoms in total. The van der Waals surface area contributed by atoms with Gasteiger partial charge in [-0.1, -0.05) is 25.2 Å². The first-order valence-electron chi connectivity index (χ1n) is 6.74. The summed E-state index contributed by atoms with van der Waals surface area (Å²) in [5, 5.41) is 12.3. The van der Waals surface area contributed by atoms with E-state index >= 15 is 0 Å². The number of carbonyl (C=O) groups is 1. The summed E-state index contributed by atoms with van der Waals surface area (Å²) in [4.78, 5) is 17.0. The monoisotopic (exact) mass is 379 g/mol. The minimum atomic E-state index is -0.241. The molecule has 1 N–H and O–H groups in total. The quantitative estimate of drug-likeness (QED) is 0.753. The minimum Gasteiger partial charge on any atom is -0.295 e. The second-order valence-electron chi connectivity index (χ2n) is 5.18. The SMILES string of the molecule is Cc1nc2ccc(Br)cn2c1C(=O)Nc1nnc(C(C)C)s1. The molecule has 3 rings (SSSR count). The molecule has 0 bridgehead atoms. The first-order chi connectivity index (χ1) is 10.5. The maximum Gasteiger partial charge on any atom is 0.276 e. The number of halogens is 1. The predicted molar refractivity (Wildman–Crippen MR) is 89.6 cm³/mol. The molecule has 8 heteroatoms. The number of anilines is 1. The highest BCUT2D eigenvalue weighted by molar-refractivity contribution is 9.10. The van der Waals surface area contributed by atoms with Crippen LogP contribution in [0.2, 0.25) is 0 Å². The van der Waals surface area contributed by atoms with E-state index in [1.54, 1.807) is 4.40 Å². The van der Waals surface area contributed by atoms with Crippen molar-refractivity contribution in [3.05, 3.63) is 39.2 Å². The highest BCUT2D eigenvalue weighted by Crippen LogP contribution is 2.23. The van der Waals surface area contributed by atoms with Crippen molar-refractivity contribution in [2.75, 3.05) is 5.32 Å². The zero-order chi connectivity index (χ0) is 15.9. The molecule has 0 fully saturated rings. The average molecular weight is 380 g/mol. The van der Waals surface area contributed by atoms with Gasteiger partial charge in [-0.2, -0.15) is 0 Å². The molecule has 0 spiro atoms. The summed E-state index contributed by atoms with van der Waals surface area (Å²) in [7, 11) is 0. The smallest absolute Gasteiger partial charge is 0.276 e. The molecule has 0 aliphatic heterocycles. The summed E-state index contributed by atoms with van der Waals surface area (Å²) in [6, 6.07) is 3.75. The average Bonchev–Trinajstić information content (AvgIpc) is 3.02. The van der Waals surface area contributed by atoms with Crippen molar-refractivity contribution in [3.63, 3.8) is 0 Å². The molecule has 0 aromatic carbocycles. The van der Waals surface area contributed by atoms with Crippen molar-refractivity contribution in [1.82, 2.24) is 19.6 Å². The van der Waals surface area contributed by atoms with Crippen LogP contribution in [0.5, 0.6) is 0 Å².